The molecular weight excluding hydrogens is 274 g/mol. The van der Waals surface area contributed by atoms with Crippen LogP contribution in [0.25, 0.3) is 27.9 Å². The average molecular weight is 282 g/mol. The maximum atomic E-state index is 5.95. The fourth-order valence-corrected chi connectivity index (χ4v) is 2.31. The van der Waals surface area contributed by atoms with Crippen LogP contribution in [0.15, 0.2) is 49.1 Å². The Kier molecular flexibility index (Phi) is 2.40. The molecule has 4 aromatic rings. The van der Waals surface area contributed by atoms with E-state index in [0.29, 0.717) is 10.8 Å². The van der Waals surface area contributed by atoms with Gasteiger partial charge < -0.3 is 0 Å². The number of pyridine rings is 1. The molecule has 0 bridgehead atoms. The Morgan fingerprint density at radius 3 is 2.90 bits per heavy atom. The van der Waals surface area contributed by atoms with Gasteiger partial charge in [0.2, 0.25) is 0 Å². The van der Waals surface area contributed by atoms with Crippen LogP contribution in [0.3, 0.4) is 0 Å². The highest BCUT2D eigenvalue weighted by atomic mass is 35.5. The lowest BCUT2D eigenvalue weighted by molar-refractivity contribution is 0.937. The van der Waals surface area contributed by atoms with Gasteiger partial charge in [-0.05, 0) is 18.2 Å². The van der Waals surface area contributed by atoms with Crippen molar-refractivity contribution in [2.75, 3.05) is 0 Å². The van der Waals surface area contributed by atoms with Crippen LogP contribution in [0.2, 0.25) is 5.02 Å². The van der Waals surface area contributed by atoms with Crippen molar-refractivity contribution in [1.82, 2.24) is 24.6 Å². The van der Waals surface area contributed by atoms with Crippen molar-refractivity contribution >= 4 is 28.2 Å². The molecule has 6 heteroatoms. The first-order valence-electron chi connectivity index (χ1n) is 6.02. The van der Waals surface area contributed by atoms with E-state index in [1.165, 1.54) is 0 Å². The predicted molar refractivity (Wildman–Crippen MR) is 76.5 cm³/mol. The average Bonchev–Trinajstić information content (AvgIpc) is 2.92. The highest BCUT2D eigenvalue weighted by molar-refractivity contribution is 6.30. The van der Waals surface area contributed by atoms with Crippen LogP contribution >= 0.6 is 11.6 Å². The van der Waals surface area contributed by atoms with Gasteiger partial charge in [0.1, 0.15) is 6.33 Å². The van der Waals surface area contributed by atoms with Crippen molar-refractivity contribution in [3.8, 4) is 11.4 Å². The zero-order chi connectivity index (χ0) is 13.5. The number of halogens is 1. The molecule has 0 aliphatic carbocycles. The molecule has 0 saturated carbocycles. The van der Waals surface area contributed by atoms with Crippen LogP contribution in [-0.2, 0) is 0 Å². The van der Waals surface area contributed by atoms with Crippen LogP contribution in [0.4, 0.5) is 0 Å². The molecule has 20 heavy (non-hydrogen) atoms. The smallest absolute Gasteiger partial charge is 0.183 e. The second-order valence-electron chi connectivity index (χ2n) is 4.36. The Hall–Kier alpha value is -2.53. The number of rotatable bonds is 1. The van der Waals surface area contributed by atoms with E-state index in [1.54, 1.807) is 29.3 Å². The lowest BCUT2D eigenvalue weighted by atomic mass is 10.2. The minimum absolute atomic E-state index is 0.560. The summed E-state index contributed by atoms with van der Waals surface area (Å²) in [5.74, 6) is 0.582. The van der Waals surface area contributed by atoms with E-state index in [-0.39, 0.29) is 0 Å². The fraction of sp³-hybridized carbons (Fsp3) is 0. The molecule has 0 unspecified atom stereocenters. The number of hydrogen-bond acceptors (Lipinski definition) is 4. The van der Waals surface area contributed by atoms with E-state index in [9.17, 15) is 0 Å². The molecule has 0 aliphatic rings. The zero-order valence-electron chi connectivity index (χ0n) is 10.2. The van der Waals surface area contributed by atoms with Crippen molar-refractivity contribution in [2.45, 2.75) is 0 Å². The van der Waals surface area contributed by atoms with Gasteiger partial charge in [0, 0.05) is 23.3 Å². The third kappa shape index (κ3) is 1.71. The van der Waals surface area contributed by atoms with Crippen molar-refractivity contribution in [2.24, 2.45) is 0 Å². The van der Waals surface area contributed by atoms with Crippen molar-refractivity contribution in [3.63, 3.8) is 0 Å². The Bertz CT molecular complexity index is 931. The first kappa shape index (κ1) is 11.3. The number of para-hydroxylation sites is 1. The first-order valence-corrected chi connectivity index (χ1v) is 6.40. The number of aromatic nitrogens is 5. The van der Waals surface area contributed by atoms with Crippen molar-refractivity contribution in [1.29, 1.82) is 0 Å². The molecule has 0 atom stereocenters. The summed E-state index contributed by atoms with van der Waals surface area (Å²) in [7, 11) is 0. The zero-order valence-corrected chi connectivity index (χ0v) is 11.0. The van der Waals surface area contributed by atoms with E-state index >= 15 is 0 Å². The molecule has 0 N–H and O–H groups in total. The largest absolute Gasteiger partial charge is 0.262 e. The Labute approximate surface area is 118 Å². The fourth-order valence-electron chi connectivity index (χ4n) is 2.14. The summed E-state index contributed by atoms with van der Waals surface area (Å²) in [6.07, 6.45) is 4.93. The van der Waals surface area contributed by atoms with Crippen molar-refractivity contribution in [3.05, 3.63) is 54.1 Å². The van der Waals surface area contributed by atoms with Crippen LogP contribution in [-0.4, -0.2) is 24.6 Å². The Morgan fingerprint density at radius 1 is 1.10 bits per heavy atom. The molecule has 96 valence electrons. The van der Waals surface area contributed by atoms with E-state index in [1.807, 2.05) is 24.3 Å². The predicted octanol–water partition coefficient (Wildman–Crippen LogP) is 2.99. The second kappa shape index (κ2) is 4.25. The molecule has 5 nitrogen and oxygen atoms in total. The molecule has 3 heterocycles. The van der Waals surface area contributed by atoms with Gasteiger partial charge in [-0.25, -0.2) is 14.5 Å². The molecule has 0 spiro atoms. The molecule has 3 aromatic heterocycles. The molecule has 0 fully saturated rings. The summed E-state index contributed by atoms with van der Waals surface area (Å²) in [4.78, 5) is 13.0. The van der Waals surface area contributed by atoms with Crippen LogP contribution in [0.1, 0.15) is 0 Å². The van der Waals surface area contributed by atoms with Gasteiger partial charge in [0.15, 0.2) is 11.5 Å². The standard InChI is InChI=1S/C14H8ClN5/c15-10-5-9(6-16-7-10)13-18-14-11-3-1-2-4-12(11)17-8-20(14)19-13/h1-8H. The van der Waals surface area contributed by atoms with Gasteiger partial charge in [0.05, 0.1) is 10.5 Å². The third-order valence-corrected chi connectivity index (χ3v) is 3.25. The van der Waals surface area contributed by atoms with E-state index < -0.39 is 0 Å². The molecule has 0 radical (unpaired) electrons. The minimum Gasteiger partial charge on any atom is -0.262 e. The normalized spacial score (nSPS) is 11.2. The quantitative estimate of drug-likeness (QED) is 0.538. The lowest BCUT2D eigenvalue weighted by Gasteiger charge is -1.96. The molecule has 0 amide bonds. The second-order valence-corrected chi connectivity index (χ2v) is 4.79. The summed E-state index contributed by atoms with van der Waals surface area (Å²) >= 11 is 5.95. The monoisotopic (exact) mass is 281 g/mol. The molecule has 4 rings (SSSR count). The summed E-state index contributed by atoms with van der Waals surface area (Å²) in [5.41, 5.74) is 2.44. The van der Waals surface area contributed by atoms with Gasteiger partial charge in [0.25, 0.3) is 0 Å². The lowest BCUT2D eigenvalue weighted by Crippen LogP contribution is -1.90. The highest BCUT2D eigenvalue weighted by Gasteiger charge is 2.10. The molecular formula is C14H8ClN5. The maximum absolute atomic E-state index is 5.95. The molecule has 1 aromatic carbocycles. The van der Waals surface area contributed by atoms with Gasteiger partial charge in [-0.3, -0.25) is 4.98 Å². The van der Waals surface area contributed by atoms with E-state index in [2.05, 4.69) is 20.1 Å². The number of fused-ring (bicyclic) bond motifs is 3. The van der Waals surface area contributed by atoms with E-state index in [4.69, 9.17) is 11.6 Å². The van der Waals surface area contributed by atoms with Crippen LogP contribution in [0, 0.1) is 0 Å². The maximum Gasteiger partial charge on any atom is 0.183 e. The number of nitrogens with zero attached hydrogens (tertiary/aromatic N) is 5. The number of benzene rings is 1. The van der Waals surface area contributed by atoms with Crippen molar-refractivity contribution < 1.29 is 0 Å². The summed E-state index contributed by atoms with van der Waals surface area (Å²) in [6.45, 7) is 0. The summed E-state index contributed by atoms with van der Waals surface area (Å²) < 4.78 is 1.67. The SMILES string of the molecule is Clc1cncc(-c2nc3c4ccccc4ncn3n2)c1. The molecule has 0 aliphatic heterocycles. The molecule has 0 saturated heterocycles. The van der Waals surface area contributed by atoms with Crippen LogP contribution < -0.4 is 0 Å². The highest BCUT2D eigenvalue weighted by Crippen LogP contribution is 2.21. The topological polar surface area (TPSA) is 56.0 Å². The Morgan fingerprint density at radius 2 is 2.00 bits per heavy atom. The first-order chi connectivity index (χ1) is 9.81. The Balaban J connectivity index is 2.01. The van der Waals surface area contributed by atoms with Gasteiger partial charge in [-0.2, -0.15) is 0 Å². The van der Waals surface area contributed by atoms with Gasteiger partial charge in [-0.1, -0.05) is 23.7 Å². The summed E-state index contributed by atoms with van der Waals surface area (Å²) in [5, 5.41) is 5.94. The van der Waals surface area contributed by atoms with Gasteiger partial charge in [-0.15, -0.1) is 5.10 Å². The van der Waals surface area contributed by atoms with Crippen LogP contribution in [0.5, 0.6) is 0 Å². The van der Waals surface area contributed by atoms with E-state index in [0.717, 1.165) is 22.1 Å². The number of hydrogen-bond donors (Lipinski definition) is 0. The third-order valence-electron chi connectivity index (χ3n) is 3.05. The minimum atomic E-state index is 0.560. The summed E-state index contributed by atoms with van der Waals surface area (Å²) in [6, 6.07) is 9.62. The van der Waals surface area contributed by atoms with Gasteiger partial charge >= 0.3 is 0 Å².